The lowest BCUT2D eigenvalue weighted by Gasteiger charge is -2.40. The van der Waals surface area contributed by atoms with Crippen LogP contribution in [0.2, 0.25) is 0 Å². The third kappa shape index (κ3) is 2.14. The number of aromatic nitrogens is 4. The van der Waals surface area contributed by atoms with E-state index in [1.54, 1.807) is 12.0 Å². The highest BCUT2D eigenvalue weighted by atomic mass is 16.5. The Hall–Kier alpha value is -2.44. The van der Waals surface area contributed by atoms with Gasteiger partial charge in [-0.15, -0.1) is 10.2 Å². The van der Waals surface area contributed by atoms with Crippen molar-refractivity contribution in [3.05, 3.63) is 30.1 Å². The quantitative estimate of drug-likeness (QED) is 0.811. The van der Waals surface area contributed by atoms with Gasteiger partial charge < -0.3 is 9.64 Å². The number of tetrazole rings is 1. The number of anilines is 1. The van der Waals surface area contributed by atoms with E-state index in [4.69, 9.17) is 4.74 Å². The molecule has 0 saturated carbocycles. The van der Waals surface area contributed by atoms with Crippen molar-refractivity contribution in [3.63, 3.8) is 0 Å². The van der Waals surface area contributed by atoms with Gasteiger partial charge in [0.15, 0.2) is 5.82 Å². The van der Waals surface area contributed by atoms with Crippen molar-refractivity contribution < 1.29 is 9.53 Å². The van der Waals surface area contributed by atoms with Gasteiger partial charge in [0.2, 0.25) is 5.91 Å². The van der Waals surface area contributed by atoms with Gasteiger partial charge in [-0.2, -0.15) is 5.21 Å². The second-order valence-electron chi connectivity index (χ2n) is 4.35. The van der Waals surface area contributed by atoms with Crippen molar-refractivity contribution in [1.29, 1.82) is 0 Å². The monoisotopic (exact) mass is 259 g/mol. The van der Waals surface area contributed by atoms with Crippen LogP contribution in [0, 0.1) is 0 Å². The van der Waals surface area contributed by atoms with Gasteiger partial charge in [-0.1, -0.05) is 5.21 Å². The van der Waals surface area contributed by atoms with Crippen LogP contribution in [0.4, 0.5) is 5.69 Å². The molecule has 1 aliphatic heterocycles. The van der Waals surface area contributed by atoms with Crippen molar-refractivity contribution in [1.82, 2.24) is 20.6 Å². The zero-order valence-electron chi connectivity index (χ0n) is 10.4. The Balaban J connectivity index is 1.75. The number of amides is 1. The van der Waals surface area contributed by atoms with Crippen molar-refractivity contribution in [3.8, 4) is 5.75 Å². The molecule has 2 heterocycles. The Morgan fingerprint density at radius 1 is 1.42 bits per heavy atom. The van der Waals surface area contributed by atoms with E-state index in [9.17, 15) is 4.79 Å². The smallest absolute Gasteiger partial charge is 0.229 e. The van der Waals surface area contributed by atoms with Crippen LogP contribution in [0.15, 0.2) is 24.3 Å². The summed E-state index contributed by atoms with van der Waals surface area (Å²) in [5.74, 6) is 1.50. The van der Waals surface area contributed by atoms with Gasteiger partial charge >= 0.3 is 0 Å². The molecule has 0 spiro atoms. The molecule has 2 aromatic rings. The zero-order valence-corrected chi connectivity index (χ0v) is 10.4. The van der Waals surface area contributed by atoms with Gasteiger partial charge in [-0.25, -0.2) is 0 Å². The summed E-state index contributed by atoms with van der Waals surface area (Å²) in [5.41, 5.74) is 0.866. The minimum absolute atomic E-state index is 0.0958. The van der Waals surface area contributed by atoms with Gasteiger partial charge in [0, 0.05) is 18.5 Å². The third-order valence-electron chi connectivity index (χ3n) is 3.20. The van der Waals surface area contributed by atoms with Gasteiger partial charge in [0.05, 0.1) is 13.2 Å². The fourth-order valence-electron chi connectivity index (χ4n) is 2.22. The highest BCUT2D eigenvalue weighted by Gasteiger charge is 2.37. The maximum Gasteiger partial charge on any atom is 0.229 e. The molecule has 0 radical (unpaired) electrons. The topological polar surface area (TPSA) is 84.0 Å². The lowest BCUT2D eigenvalue weighted by atomic mass is 9.97. The van der Waals surface area contributed by atoms with Crippen LogP contribution in [0.5, 0.6) is 5.75 Å². The van der Waals surface area contributed by atoms with E-state index in [1.165, 1.54) is 0 Å². The van der Waals surface area contributed by atoms with E-state index in [0.29, 0.717) is 18.7 Å². The zero-order chi connectivity index (χ0) is 13.2. The molecule has 1 aromatic carbocycles. The van der Waals surface area contributed by atoms with E-state index in [0.717, 1.165) is 11.4 Å². The molecular formula is C12H13N5O2. The predicted octanol–water partition coefficient (Wildman–Crippen LogP) is 0.556. The molecule has 3 rings (SSSR count). The van der Waals surface area contributed by atoms with E-state index in [-0.39, 0.29) is 11.9 Å². The number of aromatic amines is 1. The first kappa shape index (κ1) is 11.6. The summed E-state index contributed by atoms with van der Waals surface area (Å²) in [4.78, 5) is 13.5. The molecule has 19 heavy (non-hydrogen) atoms. The van der Waals surface area contributed by atoms with E-state index in [2.05, 4.69) is 20.6 Å². The highest BCUT2D eigenvalue weighted by molar-refractivity contribution is 6.00. The average Bonchev–Trinajstić information content (AvgIpc) is 2.92. The Labute approximate surface area is 109 Å². The first-order chi connectivity index (χ1) is 9.28. The summed E-state index contributed by atoms with van der Waals surface area (Å²) in [5, 5.41) is 13.8. The minimum atomic E-state index is 0.0958. The molecule has 7 nitrogen and oxygen atoms in total. The third-order valence-corrected chi connectivity index (χ3v) is 3.20. The average molecular weight is 259 g/mol. The minimum Gasteiger partial charge on any atom is -0.497 e. The fourth-order valence-corrected chi connectivity index (χ4v) is 2.22. The van der Waals surface area contributed by atoms with Gasteiger partial charge in [0.25, 0.3) is 0 Å². The summed E-state index contributed by atoms with van der Waals surface area (Å²) in [7, 11) is 1.61. The molecule has 98 valence electrons. The van der Waals surface area contributed by atoms with E-state index >= 15 is 0 Å². The summed E-state index contributed by atoms with van der Waals surface area (Å²) in [6, 6.07) is 7.52. The largest absolute Gasteiger partial charge is 0.497 e. The SMILES string of the molecule is COc1ccc(N2C(=O)CC2Cc2nn[nH]n2)cc1. The number of β-lactam (4-membered cyclic amide) rings is 1. The Bertz CT molecular complexity index is 566. The number of hydrogen-bond donors (Lipinski definition) is 1. The highest BCUT2D eigenvalue weighted by Crippen LogP contribution is 2.30. The van der Waals surface area contributed by atoms with Crippen LogP contribution in [-0.2, 0) is 11.2 Å². The molecule has 1 aromatic heterocycles. The molecule has 1 atom stereocenters. The lowest BCUT2D eigenvalue weighted by Crippen LogP contribution is -2.54. The van der Waals surface area contributed by atoms with Crippen molar-refractivity contribution >= 4 is 11.6 Å². The normalized spacial score (nSPS) is 18.3. The second kappa shape index (κ2) is 4.68. The maximum absolute atomic E-state index is 11.8. The van der Waals surface area contributed by atoms with Crippen LogP contribution < -0.4 is 9.64 Å². The van der Waals surface area contributed by atoms with E-state index in [1.807, 2.05) is 24.3 Å². The number of carbonyl (C=O) groups excluding carboxylic acids is 1. The number of benzene rings is 1. The number of carbonyl (C=O) groups is 1. The number of nitrogens with one attached hydrogen (secondary N) is 1. The Kier molecular flexibility index (Phi) is 2.86. The standard InChI is InChI=1S/C12H13N5O2/c1-19-10-4-2-8(3-5-10)17-9(7-12(17)18)6-11-13-15-16-14-11/h2-5,9H,6-7H2,1H3,(H,13,14,15,16). The molecule has 0 aliphatic carbocycles. The van der Waals surface area contributed by atoms with Crippen molar-refractivity contribution in [2.75, 3.05) is 12.0 Å². The number of methoxy groups -OCH3 is 1. The lowest BCUT2D eigenvalue weighted by molar-refractivity contribution is -0.124. The molecule has 1 amide bonds. The molecule has 0 bridgehead atoms. The first-order valence-electron chi connectivity index (χ1n) is 5.96. The molecule has 1 unspecified atom stereocenters. The van der Waals surface area contributed by atoms with Crippen LogP contribution in [0.3, 0.4) is 0 Å². The molecule has 7 heteroatoms. The molecular weight excluding hydrogens is 246 g/mol. The molecule has 1 saturated heterocycles. The number of rotatable bonds is 4. The summed E-state index contributed by atoms with van der Waals surface area (Å²) < 4.78 is 5.10. The number of nitrogens with zero attached hydrogens (tertiary/aromatic N) is 4. The molecule has 1 aliphatic rings. The Morgan fingerprint density at radius 3 is 2.79 bits per heavy atom. The van der Waals surface area contributed by atoms with Crippen molar-refractivity contribution in [2.45, 2.75) is 18.9 Å². The van der Waals surface area contributed by atoms with Crippen LogP contribution in [-0.4, -0.2) is 39.7 Å². The fraction of sp³-hybridized carbons (Fsp3) is 0.333. The molecule has 1 fully saturated rings. The summed E-state index contributed by atoms with van der Waals surface area (Å²) in [6.07, 6.45) is 1.12. The predicted molar refractivity (Wildman–Crippen MR) is 66.8 cm³/mol. The van der Waals surface area contributed by atoms with Crippen LogP contribution in [0.1, 0.15) is 12.2 Å². The number of hydrogen-bond acceptors (Lipinski definition) is 5. The number of H-pyrrole nitrogens is 1. The van der Waals surface area contributed by atoms with Gasteiger partial charge in [-0.05, 0) is 24.3 Å². The number of ether oxygens (including phenoxy) is 1. The van der Waals surface area contributed by atoms with Gasteiger partial charge in [-0.3, -0.25) is 4.79 Å². The van der Waals surface area contributed by atoms with Crippen LogP contribution in [0.25, 0.3) is 0 Å². The maximum atomic E-state index is 11.8. The second-order valence-corrected chi connectivity index (χ2v) is 4.35. The van der Waals surface area contributed by atoms with Crippen LogP contribution >= 0.6 is 0 Å². The summed E-state index contributed by atoms with van der Waals surface area (Å²) >= 11 is 0. The van der Waals surface area contributed by atoms with E-state index < -0.39 is 0 Å². The molecule has 1 N–H and O–H groups in total. The van der Waals surface area contributed by atoms with Gasteiger partial charge in [0.1, 0.15) is 5.75 Å². The van der Waals surface area contributed by atoms with Crippen molar-refractivity contribution in [2.24, 2.45) is 0 Å². The Morgan fingerprint density at radius 2 is 2.21 bits per heavy atom. The first-order valence-corrected chi connectivity index (χ1v) is 5.96. The summed E-state index contributed by atoms with van der Waals surface area (Å²) in [6.45, 7) is 0.